The van der Waals surface area contributed by atoms with E-state index in [1.165, 1.54) is 22.7 Å². The normalized spacial score (nSPS) is 12.0. The smallest absolute Gasteiger partial charge is 0.267 e. The molecule has 0 saturated heterocycles. The fourth-order valence-electron chi connectivity index (χ4n) is 2.63. The SMILES string of the molecule is O=C(CCc1csc(NC(=O)c2cccs2)n1)NCc1ccc2c(c1)OCO2. The summed E-state index contributed by atoms with van der Waals surface area (Å²) in [6.45, 7) is 0.656. The Morgan fingerprint density at radius 3 is 2.89 bits per heavy atom. The zero-order valence-corrected chi connectivity index (χ0v) is 16.4. The Bertz CT molecular complexity index is 985. The van der Waals surface area contributed by atoms with Crippen molar-refractivity contribution < 1.29 is 19.1 Å². The molecular weight excluding hydrogens is 398 g/mol. The number of carbonyl (C=O) groups excluding carboxylic acids is 2. The number of aryl methyl sites for hydroxylation is 1. The Morgan fingerprint density at radius 2 is 2.04 bits per heavy atom. The van der Waals surface area contributed by atoms with Gasteiger partial charge in [-0.1, -0.05) is 12.1 Å². The minimum Gasteiger partial charge on any atom is -0.454 e. The highest BCUT2D eigenvalue weighted by molar-refractivity contribution is 7.14. The van der Waals surface area contributed by atoms with Crippen molar-refractivity contribution in [2.24, 2.45) is 0 Å². The largest absolute Gasteiger partial charge is 0.454 e. The maximum atomic E-state index is 12.1. The number of amides is 2. The number of nitrogens with zero attached hydrogens (tertiary/aromatic N) is 1. The van der Waals surface area contributed by atoms with Crippen LogP contribution in [0.15, 0.2) is 41.1 Å². The van der Waals surface area contributed by atoms with Gasteiger partial charge < -0.3 is 14.8 Å². The molecule has 3 heterocycles. The zero-order valence-electron chi connectivity index (χ0n) is 14.8. The van der Waals surface area contributed by atoms with Crippen LogP contribution in [0.5, 0.6) is 11.5 Å². The number of thiazole rings is 1. The summed E-state index contributed by atoms with van der Waals surface area (Å²) in [6.07, 6.45) is 0.838. The average molecular weight is 415 g/mol. The van der Waals surface area contributed by atoms with Gasteiger partial charge in [0.25, 0.3) is 5.91 Å². The van der Waals surface area contributed by atoms with Crippen LogP contribution in [0.4, 0.5) is 5.13 Å². The first-order valence-corrected chi connectivity index (χ1v) is 10.4. The molecule has 9 heteroatoms. The van der Waals surface area contributed by atoms with Crippen molar-refractivity contribution >= 4 is 39.6 Å². The highest BCUT2D eigenvalue weighted by Gasteiger charge is 2.14. The predicted octanol–water partition coefficient (Wildman–Crippen LogP) is 3.43. The molecule has 1 aliphatic rings. The van der Waals surface area contributed by atoms with Gasteiger partial charge in [0.15, 0.2) is 16.6 Å². The van der Waals surface area contributed by atoms with Gasteiger partial charge in [-0.25, -0.2) is 4.98 Å². The van der Waals surface area contributed by atoms with Crippen LogP contribution >= 0.6 is 22.7 Å². The van der Waals surface area contributed by atoms with Crippen LogP contribution in [0.2, 0.25) is 0 Å². The molecule has 1 aromatic carbocycles. The van der Waals surface area contributed by atoms with Gasteiger partial charge in [-0.15, -0.1) is 22.7 Å². The standard InChI is InChI=1S/C19H17N3O4S2/c23-17(20-9-12-3-5-14-15(8-12)26-11-25-14)6-4-13-10-28-19(21-13)22-18(24)16-2-1-7-27-16/h1-3,5,7-8,10H,4,6,9,11H2,(H,20,23)(H,21,22,24). The van der Waals surface area contributed by atoms with Gasteiger partial charge in [-0.05, 0) is 35.6 Å². The first kappa shape index (κ1) is 18.5. The van der Waals surface area contributed by atoms with Crippen LogP contribution in [0, 0.1) is 0 Å². The van der Waals surface area contributed by atoms with Crippen molar-refractivity contribution in [3.05, 3.63) is 57.2 Å². The van der Waals surface area contributed by atoms with E-state index in [9.17, 15) is 9.59 Å². The molecule has 0 fully saturated rings. The van der Waals surface area contributed by atoms with Crippen LogP contribution < -0.4 is 20.1 Å². The van der Waals surface area contributed by atoms with Gasteiger partial charge in [0.2, 0.25) is 12.7 Å². The third-order valence-corrected chi connectivity index (χ3v) is 5.73. The number of ether oxygens (including phenoxy) is 2. The monoisotopic (exact) mass is 415 g/mol. The summed E-state index contributed by atoms with van der Waals surface area (Å²) >= 11 is 2.73. The minimum atomic E-state index is -0.169. The summed E-state index contributed by atoms with van der Waals surface area (Å²) < 4.78 is 10.6. The number of anilines is 1. The molecule has 0 unspecified atom stereocenters. The maximum absolute atomic E-state index is 12.1. The molecule has 0 saturated carbocycles. The van der Waals surface area contributed by atoms with E-state index in [0.29, 0.717) is 35.1 Å². The van der Waals surface area contributed by atoms with Gasteiger partial charge in [0.1, 0.15) is 0 Å². The predicted molar refractivity (Wildman–Crippen MR) is 107 cm³/mol. The lowest BCUT2D eigenvalue weighted by Crippen LogP contribution is -2.23. The third-order valence-electron chi connectivity index (χ3n) is 4.05. The number of aromatic nitrogens is 1. The first-order valence-electron chi connectivity index (χ1n) is 8.62. The van der Waals surface area contributed by atoms with Crippen LogP contribution in [0.25, 0.3) is 0 Å². The topological polar surface area (TPSA) is 89.6 Å². The van der Waals surface area contributed by atoms with Crippen LogP contribution in [-0.4, -0.2) is 23.6 Å². The molecular formula is C19H17N3O4S2. The van der Waals surface area contributed by atoms with Crippen molar-refractivity contribution in [2.45, 2.75) is 19.4 Å². The maximum Gasteiger partial charge on any atom is 0.267 e. The molecule has 2 aromatic heterocycles. The zero-order chi connectivity index (χ0) is 19.3. The van der Waals surface area contributed by atoms with E-state index < -0.39 is 0 Å². The molecule has 0 spiro atoms. The summed E-state index contributed by atoms with van der Waals surface area (Å²) in [5, 5.41) is 9.91. The van der Waals surface area contributed by atoms with Gasteiger partial charge in [0, 0.05) is 18.3 Å². The summed E-state index contributed by atoms with van der Waals surface area (Å²) in [5.74, 6) is 1.19. The van der Waals surface area contributed by atoms with Crippen LogP contribution in [-0.2, 0) is 17.8 Å². The van der Waals surface area contributed by atoms with E-state index in [1.54, 1.807) is 6.07 Å². The molecule has 7 nitrogen and oxygen atoms in total. The third kappa shape index (κ3) is 4.49. The lowest BCUT2D eigenvalue weighted by molar-refractivity contribution is -0.121. The highest BCUT2D eigenvalue weighted by Crippen LogP contribution is 2.32. The lowest BCUT2D eigenvalue weighted by atomic mass is 10.2. The van der Waals surface area contributed by atoms with E-state index in [0.717, 1.165) is 17.0 Å². The van der Waals surface area contributed by atoms with E-state index in [-0.39, 0.29) is 18.6 Å². The van der Waals surface area contributed by atoms with Crippen LogP contribution in [0.3, 0.4) is 0 Å². The molecule has 0 aliphatic carbocycles. The molecule has 2 N–H and O–H groups in total. The number of hydrogen-bond acceptors (Lipinski definition) is 7. The van der Waals surface area contributed by atoms with E-state index >= 15 is 0 Å². The Kier molecular flexibility index (Phi) is 5.54. The summed E-state index contributed by atoms with van der Waals surface area (Å²) in [5.41, 5.74) is 1.73. The Hall–Kier alpha value is -2.91. The van der Waals surface area contributed by atoms with Gasteiger partial charge in [0.05, 0.1) is 10.6 Å². The Labute approximate surface area is 169 Å². The summed E-state index contributed by atoms with van der Waals surface area (Å²) in [6, 6.07) is 9.20. The molecule has 0 atom stereocenters. The molecule has 0 bridgehead atoms. The Morgan fingerprint density at radius 1 is 1.14 bits per heavy atom. The van der Waals surface area contributed by atoms with Crippen molar-refractivity contribution in [1.82, 2.24) is 10.3 Å². The quantitative estimate of drug-likeness (QED) is 0.617. The van der Waals surface area contributed by atoms with Crippen molar-refractivity contribution in [3.8, 4) is 11.5 Å². The number of benzene rings is 1. The highest BCUT2D eigenvalue weighted by atomic mass is 32.1. The van der Waals surface area contributed by atoms with E-state index in [1.807, 2.05) is 35.0 Å². The van der Waals surface area contributed by atoms with Gasteiger partial charge in [-0.2, -0.15) is 0 Å². The fourth-order valence-corrected chi connectivity index (χ4v) is 3.99. The van der Waals surface area contributed by atoms with Crippen molar-refractivity contribution in [1.29, 1.82) is 0 Å². The number of hydrogen-bond donors (Lipinski definition) is 2. The molecule has 28 heavy (non-hydrogen) atoms. The number of fused-ring (bicyclic) bond motifs is 1. The second-order valence-corrected chi connectivity index (χ2v) is 7.85. The molecule has 0 radical (unpaired) electrons. The molecule has 144 valence electrons. The minimum absolute atomic E-state index is 0.0603. The Balaban J connectivity index is 1.23. The lowest BCUT2D eigenvalue weighted by Gasteiger charge is -2.06. The molecule has 2 amide bonds. The molecule has 4 rings (SSSR count). The van der Waals surface area contributed by atoms with Crippen LogP contribution in [0.1, 0.15) is 27.3 Å². The molecule has 1 aliphatic heterocycles. The summed E-state index contributed by atoms with van der Waals surface area (Å²) in [4.78, 5) is 29.1. The second kappa shape index (κ2) is 8.41. The number of thiophene rings is 1. The van der Waals surface area contributed by atoms with Crippen molar-refractivity contribution in [2.75, 3.05) is 12.1 Å². The number of carbonyl (C=O) groups is 2. The van der Waals surface area contributed by atoms with Gasteiger partial charge in [-0.3, -0.25) is 14.9 Å². The van der Waals surface area contributed by atoms with Crippen molar-refractivity contribution in [3.63, 3.8) is 0 Å². The number of rotatable bonds is 7. The number of nitrogens with one attached hydrogen (secondary N) is 2. The molecule has 3 aromatic rings. The van der Waals surface area contributed by atoms with Gasteiger partial charge >= 0.3 is 0 Å². The fraction of sp³-hybridized carbons (Fsp3) is 0.211. The van der Waals surface area contributed by atoms with E-state index in [4.69, 9.17) is 9.47 Å². The van der Waals surface area contributed by atoms with E-state index in [2.05, 4.69) is 15.6 Å². The second-order valence-electron chi connectivity index (χ2n) is 6.04. The first-order chi connectivity index (χ1) is 13.7. The summed E-state index contributed by atoms with van der Waals surface area (Å²) in [7, 11) is 0. The average Bonchev–Trinajstić information content (AvgIpc) is 3.45.